The first-order valence-electron chi connectivity index (χ1n) is 6.44. The van der Waals surface area contributed by atoms with Crippen molar-refractivity contribution in [3.05, 3.63) is 35.9 Å². The molecule has 100 valence electrons. The third-order valence-electron chi connectivity index (χ3n) is 3.21. The summed E-state index contributed by atoms with van der Waals surface area (Å²) in [6, 6.07) is 10.7. The van der Waals surface area contributed by atoms with Gasteiger partial charge in [-0.2, -0.15) is 0 Å². The topological polar surface area (TPSA) is 58.4 Å². The van der Waals surface area contributed by atoms with Gasteiger partial charge in [0.2, 0.25) is 5.91 Å². The largest absolute Gasteiger partial charge is 0.297 e. The van der Waals surface area contributed by atoms with E-state index in [1.54, 1.807) is 0 Å². The van der Waals surface area contributed by atoms with Crippen molar-refractivity contribution < 1.29 is 4.79 Å². The molecule has 1 amide bonds. The number of rotatable bonds is 7. The summed E-state index contributed by atoms with van der Waals surface area (Å²) in [4.78, 5) is 13.5. The Kier molecular flexibility index (Phi) is 6.39. The van der Waals surface area contributed by atoms with Gasteiger partial charge in [0.25, 0.3) is 0 Å². The summed E-state index contributed by atoms with van der Waals surface area (Å²) >= 11 is 0. The van der Waals surface area contributed by atoms with Crippen molar-refractivity contribution >= 4 is 5.91 Å². The molecular formula is C14H23N3O. The zero-order valence-corrected chi connectivity index (χ0v) is 11.2. The first-order chi connectivity index (χ1) is 8.67. The van der Waals surface area contributed by atoms with E-state index in [0.717, 1.165) is 19.5 Å². The van der Waals surface area contributed by atoms with Gasteiger partial charge < -0.3 is 0 Å². The Morgan fingerprint density at radius 3 is 2.61 bits per heavy atom. The van der Waals surface area contributed by atoms with Gasteiger partial charge in [-0.25, -0.2) is 5.84 Å². The van der Waals surface area contributed by atoms with E-state index in [2.05, 4.69) is 48.4 Å². The number of amides is 1. The van der Waals surface area contributed by atoms with Crippen molar-refractivity contribution in [3.8, 4) is 0 Å². The van der Waals surface area contributed by atoms with Crippen LogP contribution in [0.2, 0.25) is 0 Å². The molecule has 1 rings (SSSR count). The highest BCUT2D eigenvalue weighted by molar-refractivity contribution is 5.75. The zero-order chi connectivity index (χ0) is 13.4. The van der Waals surface area contributed by atoms with Gasteiger partial charge >= 0.3 is 0 Å². The second-order valence-corrected chi connectivity index (χ2v) is 4.50. The summed E-state index contributed by atoms with van der Waals surface area (Å²) in [5, 5.41) is 0. The molecule has 0 aromatic heterocycles. The van der Waals surface area contributed by atoms with Crippen molar-refractivity contribution in [1.29, 1.82) is 0 Å². The minimum absolute atomic E-state index is 0.0994. The fraction of sp³-hybridized carbons (Fsp3) is 0.500. The van der Waals surface area contributed by atoms with Crippen molar-refractivity contribution in [3.63, 3.8) is 0 Å². The third kappa shape index (κ3) is 4.85. The van der Waals surface area contributed by atoms with Crippen LogP contribution >= 0.6 is 0 Å². The van der Waals surface area contributed by atoms with Gasteiger partial charge in [0.05, 0.1) is 0 Å². The van der Waals surface area contributed by atoms with E-state index >= 15 is 0 Å². The van der Waals surface area contributed by atoms with Crippen LogP contribution in [-0.4, -0.2) is 23.4 Å². The van der Waals surface area contributed by atoms with Crippen molar-refractivity contribution in [2.75, 3.05) is 6.54 Å². The number of nitrogens with two attached hydrogens (primary N) is 1. The molecule has 1 aromatic carbocycles. The Balaban J connectivity index is 2.47. The first-order valence-corrected chi connectivity index (χ1v) is 6.44. The molecule has 3 N–H and O–H groups in total. The average Bonchev–Trinajstić information content (AvgIpc) is 2.42. The molecule has 18 heavy (non-hydrogen) atoms. The fourth-order valence-corrected chi connectivity index (χ4v) is 1.99. The van der Waals surface area contributed by atoms with E-state index in [9.17, 15) is 4.79 Å². The van der Waals surface area contributed by atoms with Crippen molar-refractivity contribution in [2.45, 2.75) is 39.3 Å². The summed E-state index contributed by atoms with van der Waals surface area (Å²) in [6.45, 7) is 6.18. The maximum Gasteiger partial charge on any atom is 0.233 e. The summed E-state index contributed by atoms with van der Waals surface area (Å²) in [6.07, 6.45) is 1.30. The lowest BCUT2D eigenvalue weighted by Crippen LogP contribution is -2.35. The number of hydrazine groups is 1. The molecule has 0 saturated carbocycles. The molecule has 0 spiro atoms. The van der Waals surface area contributed by atoms with Crippen LogP contribution in [0.5, 0.6) is 0 Å². The van der Waals surface area contributed by atoms with Crippen LogP contribution in [-0.2, 0) is 11.3 Å². The number of hydrogen-bond acceptors (Lipinski definition) is 3. The highest BCUT2D eigenvalue weighted by atomic mass is 16.2. The Labute approximate surface area is 109 Å². The summed E-state index contributed by atoms with van der Waals surface area (Å²) in [5.74, 6) is 4.98. The van der Waals surface area contributed by atoms with Crippen LogP contribution in [0.15, 0.2) is 30.3 Å². The molecule has 0 aliphatic heterocycles. The van der Waals surface area contributed by atoms with Crippen LogP contribution in [0.3, 0.4) is 0 Å². The number of hydrogen-bond donors (Lipinski definition) is 2. The van der Waals surface area contributed by atoms with Crippen LogP contribution in [0.1, 0.15) is 32.3 Å². The van der Waals surface area contributed by atoms with E-state index in [-0.39, 0.29) is 5.91 Å². The lowest BCUT2D eigenvalue weighted by molar-refractivity contribution is -0.121. The molecule has 0 aliphatic carbocycles. The van der Waals surface area contributed by atoms with Gasteiger partial charge in [0.1, 0.15) is 0 Å². The molecule has 0 aliphatic rings. The molecule has 0 heterocycles. The normalized spacial score (nSPS) is 12.4. The van der Waals surface area contributed by atoms with E-state index in [4.69, 9.17) is 5.84 Å². The molecule has 0 bridgehead atoms. The Bertz CT molecular complexity index is 353. The second-order valence-electron chi connectivity index (χ2n) is 4.50. The highest BCUT2D eigenvalue weighted by Crippen LogP contribution is 2.11. The predicted molar refractivity (Wildman–Crippen MR) is 73.6 cm³/mol. The predicted octanol–water partition coefficient (Wildman–Crippen LogP) is 1.67. The first kappa shape index (κ1) is 14.7. The molecule has 0 fully saturated rings. The van der Waals surface area contributed by atoms with E-state index < -0.39 is 0 Å². The van der Waals surface area contributed by atoms with E-state index in [1.165, 1.54) is 5.56 Å². The van der Waals surface area contributed by atoms with Crippen LogP contribution < -0.4 is 11.3 Å². The van der Waals surface area contributed by atoms with E-state index in [0.29, 0.717) is 12.5 Å². The van der Waals surface area contributed by atoms with Gasteiger partial charge in [-0.15, -0.1) is 0 Å². The molecule has 1 atom stereocenters. The van der Waals surface area contributed by atoms with Gasteiger partial charge in [0, 0.05) is 19.0 Å². The molecule has 1 unspecified atom stereocenters. The van der Waals surface area contributed by atoms with Crippen LogP contribution in [0.4, 0.5) is 0 Å². The maximum atomic E-state index is 11.1. The minimum Gasteiger partial charge on any atom is -0.297 e. The summed E-state index contributed by atoms with van der Waals surface area (Å²) in [5.41, 5.74) is 3.47. The SMILES string of the molecule is CCN(Cc1ccccc1)C(C)CCC(=O)NN. The molecule has 0 radical (unpaired) electrons. The standard InChI is InChI=1S/C14H23N3O/c1-3-17(11-13-7-5-4-6-8-13)12(2)9-10-14(18)16-15/h4-8,12H,3,9-11,15H2,1-2H3,(H,16,18). The molecular weight excluding hydrogens is 226 g/mol. The van der Waals surface area contributed by atoms with Gasteiger partial charge in [-0.1, -0.05) is 37.3 Å². The quantitative estimate of drug-likeness (QED) is 0.439. The minimum atomic E-state index is -0.0994. The number of nitrogens with one attached hydrogen (secondary N) is 1. The lowest BCUT2D eigenvalue weighted by Gasteiger charge is -2.27. The summed E-state index contributed by atoms with van der Waals surface area (Å²) < 4.78 is 0. The summed E-state index contributed by atoms with van der Waals surface area (Å²) in [7, 11) is 0. The smallest absolute Gasteiger partial charge is 0.233 e. The average molecular weight is 249 g/mol. The maximum absolute atomic E-state index is 11.1. The molecule has 4 heteroatoms. The van der Waals surface area contributed by atoms with Crippen LogP contribution in [0.25, 0.3) is 0 Å². The second kappa shape index (κ2) is 7.84. The molecule has 4 nitrogen and oxygen atoms in total. The third-order valence-corrected chi connectivity index (χ3v) is 3.21. The highest BCUT2D eigenvalue weighted by Gasteiger charge is 2.13. The number of benzene rings is 1. The van der Waals surface area contributed by atoms with Gasteiger partial charge in [-0.05, 0) is 25.5 Å². The van der Waals surface area contributed by atoms with E-state index in [1.807, 2.05) is 6.07 Å². The number of carbonyl (C=O) groups is 1. The fourth-order valence-electron chi connectivity index (χ4n) is 1.99. The zero-order valence-electron chi connectivity index (χ0n) is 11.2. The van der Waals surface area contributed by atoms with Crippen molar-refractivity contribution in [2.24, 2.45) is 5.84 Å². The van der Waals surface area contributed by atoms with Crippen LogP contribution in [0, 0.1) is 0 Å². The van der Waals surface area contributed by atoms with Gasteiger partial charge in [0.15, 0.2) is 0 Å². The Morgan fingerprint density at radius 1 is 1.39 bits per heavy atom. The Hall–Kier alpha value is -1.39. The van der Waals surface area contributed by atoms with Gasteiger partial charge in [-0.3, -0.25) is 15.1 Å². The molecule has 0 saturated heterocycles. The van der Waals surface area contributed by atoms with Crippen molar-refractivity contribution in [1.82, 2.24) is 10.3 Å². The molecule has 1 aromatic rings. The number of nitrogens with zero attached hydrogens (tertiary/aromatic N) is 1. The monoisotopic (exact) mass is 249 g/mol. The number of carbonyl (C=O) groups excluding carboxylic acids is 1. The lowest BCUT2D eigenvalue weighted by atomic mass is 10.1. The Morgan fingerprint density at radius 2 is 2.06 bits per heavy atom.